The first kappa shape index (κ1) is 22.1. The molecule has 1 fully saturated rings. The van der Waals surface area contributed by atoms with E-state index in [1.807, 2.05) is 48.7 Å². The van der Waals surface area contributed by atoms with E-state index in [4.69, 9.17) is 19.3 Å². The number of aromatic nitrogens is 2. The Balaban J connectivity index is 1.59. The highest BCUT2D eigenvalue weighted by Crippen LogP contribution is 2.33. The average Bonchev–Trinajstić information content (AvgIpc) is 3.56. The molecule has 170 valence electrons. The molecule has 1 amide bonds. The van der Waals surface area contributed by atoms with E-state index in [0.717, 1.165) is 24.1 Å². The third-order valence-corrected chi connectivity index (χ3v) is 5.11. The van der Waals surface area contributed by atoms with Crippen molar-refractivity contribution in [2.75, 3.05) is 20.8 Å². The van der Waals surface area contributed by atoms with E-state index < -0.39 is 5.97 Å². The molecule has 0 spiro atoms. The first-order valence-electron chi connectivity index (χ1n) is 10.6. The number of hydrogen-bond acceptors (Lipinski definition) is 6. The third kappa shape index (κ3) is 5.60. The Hall–Kier alpha value is -4.07. The van der Waals surface area contributed by atoms with Gasteiger partial charge in [-0.2, -0.15) is 5.10 Å². The summed E-state index contributed by atoms with van der Waals surface area (Å²) >= 11 is 0. The summed E-state index contributed by atoms with van der Waals surface area (Å²) < 4.78 is 17.5. The number of carbonyl (C=O) groups is 2. The van der Waals surface area contributed by atoms with Crippen LogP contribution in [0.3, 0.4) is 0 Å². The summed E-state index contributed by atoms with van der Waals surface area (Å²) in [7, 11) is 3.15. The highest BCUT2D eigenvalue weighted by Gasteiger charge is 2.23. The number of nitrogens with one attached hydrogen (secondary N) is 1. The number of para-hydroxylation sites is 1. The van der Waals surface area contributed by atoms with Crippen LogP contribution in [0.1, 0.15) is 18.4 Å². The van der Waals surface area contributed by atoms with Gasteiger partial charge in [-0.15, -0.1) is 0 Å². The first-order valence-corrected chi connectivity index (χ1v) is 10.6. The number of amides is 1. The number of benzene rings is 2. The number of hydrogen-bond donors (Lipinski definition) is 1. The Labute approximate surface area is 191 Å². The maximum Gasteiger partial charge on any atom is 0.331 e. The zero-order valence-corrected chi connectivity index (χ0v) is 18.5. The van der Waals surface area contributed by atoms with Crippen LogP contribution in [0.5, 0.6) is 11.5 Å². The van der Waals surface area contributed by atoms with Crippen molar-refractivity contribution >= 4 is 18.0 Å². The van der Waals surface area contributed by atoms with E-state index in [1.165, 1.54) is 6.08 Å². The minimum Gasteiger partial charge on any atom is -0.493 e. The molecular weight excluding hydrogens is 422 g/mol. The normalized spacial score (nSPS) is 13.0. The van der Waals surface area contributed by atoms with Crippen LogP contribution in [0, 0.1) is 0 Å². The maximum absolute atomic E-state index is 12.2. The lowest BCUT2D eigenvalue weighted by atomic mass is 10.1. The van der Waals surface area contributed by atoms with Crippen LogP contribution < -0.4 is 14.8 Å². The van der Waals surface area contributed by atoms with Gasteiger partial charge in [-0.3, -0.25) is 4.79 Å². The lowest BCUT2D eigenvalue weighted by Gasteiger charge is -2.09. The smallest absolute Gasteiger partial charge is 0.331 e. The van der Waals surface area contributed by atoms with Crippen LogP contribution >= 0.6 is 0 Å². The summed E-state index contributed by atoms with van der Waals surface area (Å²) in [6, 6.07) is 15.4. The largest absolute Gasteiger partial charge is 0.493 e. The van der Waals surface area contributed by atoms with E-state index in [-0.39, 0.29) is 18.6 Å². The predicted octanol–water partition coefficient (Wildman–Crippen LogP) is 3.39. The van der Waals surface area contributed by atoms with Gasteiger partial charge in [0.1, 0.15) is 5.69 Å². The molecule has 0 aliphatic heterocycles. The Bertz CT molecular complexity index is 1170. The number of rotatable bonds is 9. The molecule has 0 saturated heterocycles. The van der Waals surface area contributed by atoms with Crippen molar-refractivity contribution in [3.63, 3.8) is 0 Å². The standard InChI is InChI=1S/C25H25N3O5/c1-31-21-12-8-17(14-22(21)32-2)25-18(15-28(27-25)20-6-4-3-5-7-20)9-13-24(30)33-16-23(29)26-19-10-11-19/h3-9,12-15,19H,10-11,16H2,1-2H3,(H,26,29)/b13-9+. The van der Waals surface area contributed by atoms with Gasteiger partial charge in [0.05, 0.1) is 19.9 Å². The number of ether oxygens (including phenoxy) is 3. The molecule has 0 atom stereocenters. The second-order valence-electron chi connectivity index (χ2n) is 7.57. The molecule has 33 heavy (non-hydrogen) atoms. The van der Waals surface area contributed by atoms with Gasteiger partial charge in [0.15, 0.2) is 18.1 Å². The van der Waals surface area contributed by atoms with Crippen molar-refractivity contribution in [1.29, 1.82) is 0 Å². The van der Waals surface area contributed by atoms with Crippen LogP contribution in [0.25, 0.3) is 23.0 Å². The molecule has 4 rings (SSSR count). The van der Waals surface area contributed by atoms with E-state index in [2.05, 4.69) is 5.32 Å². The van der Waals surface area contributed by atoms with E-state index in [9.17, 15) is 9.59 Å². The topological polar surface area (TPSA) is 91.7 Å². The minimum atomic E-state index is -0.605. The second kappa shape index (κ2) is 10.0. The van der Waals surface area contributed by atoms with Crippen LogP contribution in [0.2, 0.25) is 0 Å². The Morgan fingerprint density at radius 1 is 1.09 bits per heavy atom. The number of esters is 1. The van der Waals surface area contributed by atoms with E-state index in [0.29, 0.717) is 22.8 Å². The van der Waals surface area contributed by atoms with Gasteiger partial charge in [0.25, 0.3) is 5.91 Å². The fraction of sp³-hybridized carbons (Fsp3) is 0.240. The fourth-order valence-electron chi connectivity index (χ4n) is 3.27. The van der Waals surface area contributed by atoms with E-state index in [1.54, 1.807) is 31.0 Å². The molecule has 1 saturated carbocycles. The Morgan fingerprint density at radius 3 is 2.55 bits per heavy atom. The summed E-state index contributed by atoms with van der Waals surface area (Å²) in [5, 5.41) is 7.51. The molecule has 1 aromatic heterocycles. The molecule has 1 N–H and O–H groups in total. The molecule has 1 heterocycles. The van der Waals surface area contributed by atoms with Crippen LogP contribution in [-0.2, 0) is 14.3 Å². The quantitative estimate of drug-likeness (QED) is 0.399. The Morgan fingerprint density at radius 2 is 1.85 bits per heavy atom. The molecular formula is C25H25N3O5. The van der Waals surface area contributed by atoms with Crippen LogP contribution in [0.4, 0.5) is 0 Å². The molecule has 0 radical (unpaired) electrons. The summed E-state index contributed by atoms with van der Waals surface area (Å²) in [4.78, 5) is 23.9. The predicted molar refractivity (Wildman–Crippen MR) is 123 cm³/mol. The van der Waals surface area contributed by atoms with Crippen LogP contribution in [0.15, 0.2) is 60.8 Å². The third-order valence-electron chi connectivity index (χ3n) is 5.11. The van der Waals surface area contributed by atoms with Crippen molar-refractivity contribution in [2.45, 2.75) is 18.9 Å². The van der Waals surface area contributed by atoms with Crippen molar-refractivity contribution in [1.82, 2.24) is 15.1 Å². The van der Waals surface area contributed by atoms with Crippen molar-refractivity contribution in [2.24, 2.45) is 0 Å². The lowest BCUT2D eigenvalue weighted by molar-refractivity contribution is -0.143. The van der Waals surface area contributed by atoms with E-state index >= 15 is 0 Å². The average molecular weight is 447 g/mol. The minimum absolute atomic E-state index is 0.222. The molecule has 2 aromatic carbocycles. The summed E-state index contributed by atoms with van der Waals surface area (Å²) in [5.41, 5.74) is 3.01. The van der Waals surface area contributed by atoms with Gasteiger partial charge in [0, 0.05) is 29.4 Å². The number of methoxy groups -OCH3 is 2. The van der Waals surface area contributed by atoms with Crippen molar-refractivity contribution in [3.05, 3.63) is 66.4 Å². The molecule has 0 bridgehead atoms. The van der Waals surface area contributed by atoms with Crippen molar-refractivity contribution < 1.29 is 23.8 Å². The molecule has 8 heteroatoms. The molecule has 1 aliphatic rings. The molecule has 8 nitrogen and oxygen atoms in total. The highest BCUT2D eigenvalue weighted by atomic mass is 16.5. The molecule has 0 unspecified atom stereocenters. The first-order chi connectivity index (χ1) is 16.1. The zero-order valence-electron chi connectivity index (χ0n) is 18.5. The highest BCUT2D eigenvalue weighted by molar-refractivity contribution is 5.90. The second-order valence-corrected chi connectivity index (χ2v) is 7.57. The fourth-order valence-corrected chi connectivity index (χ4v) is 3.27. The van der Waals surface area contributed by atoms with Gasteiger partial charge in [-0.25, -0.2) is 9.48 Å². The zero-order chi connectivity index (χ0) is 23.2. The molecule has 3 aromatic rings. The number of carbonyl (C=O) groups excluding carboxylic acids is 2. The summed E-state index contributed by atoms with van der Waals surface area (Å²) in [6.45, 7) is -0.300. The summed E-state index contributed by atoms with van der Waals surface area (Å²) in [6.07, 6.45) is 6.69. The van der Waals surface area contributed by atoms with Gasteiger partial charge < -0.3 is 19.5 Å². The Kier molecular flexibility index (Phi) is 6.73. The van der Waals surface area contributed by atoms with Gasteiger partial charge in [-0.1, -0.05) is 18.2 Å². The molecule has 1 aliphatic carbocycles. The SMILES string of the molecule is COc1ccc(-c2nn(-c3ccccc3)cc2/C=C/C(=O)OCC(=O)NC2CC2)cc1OC. The number of nitrogens with zero attached hydrogens (tertiary/aromatic N) is 2. The van der Waals surface area contributed by atoms with Gasteiger partial charge in [-0.05, 0) is 49.2 Å². The monoisotopic (exact) mass is 447 g/mol. The van der Waals surface area contributed by atoms with Gasteiger partial charge in [0.2, 0.25) is 0 Å². The maximum atomic E-state index is 12.2. The summed E-state index contributed by atoms with van der Waals surface area (Å²) in [5.74, 6) is 0.281. The van der Waals surface area contributed by atoms with Crippen LogP contribution in [-0.4, -0.2) is 48.5 Å². The van der Waals surface area contributed by atoms with Crippen molar-refractivity contribution in [3.8, 4) is 28.4 Å². The van der Waals surface area contributed by atoms with Gasteiger partial charge >= 0.3 is 5.97 Å². The lowest BCUT2D eigenvalue weighted by Crippen LogP contribution is -2.30.